The molecule has 0 bridgehead atoms. The summed E-state index contributed by atoms with van der Waals surface area (Å²) in [5.41, 5.74) is -0.0777. The molecule has 0 saturated heterocycles. The lowest BCUT2D eigenvalue weighted by molar-refractivity contribution is -0.385. The van der Waals surface area contributed by atoms with E-state index in [4.69, 9.17) is 5.11 Å². The Balaban J connectivity index is 2.34. The van der Waals surface area contributed by atoms with Gasteiger partial charge in [-0.25, -0.2) is 14.8 Å². The van der Waals surface area contributed by atoms with Crippen LogP contribution in [0.25, 0.3) is 0 Å². The Kier molecular flexibility index (Phi) is 3.71. The van der Waals surface area contributed by atoms with Crippen LogP contribution in [0.4, 0.5) is 5.69 Å². The second-order valence-electron chi connectivity index (χ2n) is 3.37. The van der Waals surface area contributed by atoms with Crippen LogP contribution in [0.5, 0.6) is 0 Å². The predicted molar refractivity (Wildman–Crippen MR) is 66.2 cm³/mol. The molecule has 7 nitrogen and oxygen atoms in total. The van der Waals surface area contributed by atoms with Crippen LogP contribution in [0.2, 0.25) is 0 Å². The van der Waals surface area contributed by atoms with Crippen molar-refractivity contribution >= 4 is 23.4 Å². The monoisotopic (exact) mass is 277 g/mol. The maximum absolute atomic E-state index is 11.0. The van der Waals surface area contributed by atoms with Crippen LogP contribution in [0.3, 0.4) is 0 Å². The molecule has 0 atom stereocenters. The molecule has 1 N–H and O–H groups in total. The van der Waals surface area contributed by atoms with Crippen LogP contribution < -0.4 is 0 Å². The number of pyridine rings is 2. The zero-order valence-corrected chi connectivity index (χ0v) is 10.2. The maximum atomic E-state index is 11.0. The number of hydrogen-bond acceptors (Lipinski definition) is 6. The first-order valence-corrected chi connectivity index (χ1v) is 5.86. The van der Waals surface area contributed by atoms with E-state index in [-0.39, 0.29) is 16.3 Å². The molecule has 0 unspecified atom stereocenters. The molecule has 2 aromatic rings. The number of carboxylic acids is 1. The van der Waals surface area contributed by atoms with E-state index in [0.29, 0.717) is 5.03 Å². The van der Waals surface area contributed by atoms with Gasteiger partial charge in [0.15, 0.2) is 0 Å². The van der Waals surface area contributed by atoms with Crippen molar-refractivity contribution in [1.82, 2.24) is 9.97 Å². The lowest BCUT2D eigenvalue weighted by Gasteiger charge is -2.03. The Bertz CT molecular complexity index is 647. The molecule has 0 radical (unpaired) electrons. The lowest BCUT2D eigenvalue weighted by Crippen LogP contribution is -2.00. The molecular formula is C11H7N3O4S. The fraction of sp³-hybridized carbons (Fsp3) is 0. The molecule has 0 spiro atoms. The Hall–Kier alpha value is -2.48. The van der Waals surface area contributed by atoms with Gasteiger partial charge in [-0.2, -0.15) is 0 Å². The van der Waals surface area contributed by atoms with Crippen LogP contribution in [0, 0.1) is 10.1 Å². The molecule has 0 aromatic carbocycles. The molecule has 0 amide bonds. The minimum absolute atomic E-state index is 0.0285. The van der Waals surface area contributed by atoms with Gasteiger partial charge in [0.1, 0.15) is 10.1 Å². The summed E-state index contributed by atoms with van der Waals surface area (Å²) in [5, 5.41) is 20.2. The van der Waals surface area contributed by atoms with E-state index in [1.165, 1.54) is 36.7 Å². The second-order valence-corrected chi connectivity index (χ2v) is 4.38. The molecule has 0 fully saturated rings. The van der Waals surface area contributed by atoms with Crippen molar-refractivity contribution in [2.75, 3.05) is 0 Å². The largest absolute Gasteiger partial charge is 0.478 e. The average Bonchev–Trinajstić information content (AvgIpc) is 2.39. The summed E-state index contributed by atoms with van der Waals surface area (Å²) < 4.78 is 0. The van der Waals surface area contributed by atoms with Gasteiger partial charge < -0.3 is 5.11 Å². The minimum Gasteiger partial charge on any atom is -0.478 e. The third kappa shape index (κ3) is 3.05. The molecule has 96 valence electrons. The molecule has 0 saturated carbocycles. The van der Waals surface area contributed by atoms with Crippen molar-refractivity contribution in [1.29, 1.82) is 0 Å². The number of carboxylic acid groups (broad SMARTS) is 1. The molecule has 0 aliphatic carbocycles. The molecule has 0 aliphatic heterocycles. The predicted octanol–water partition coefficient (Wildman–Crippen LogP) is 2.23. The molecule has 8 heteroatoms. The third-order valence-corrected chi connectivity index (χ3v) is 3.08. The summed E-state index contributed by atoms with van der Waals surface area (Å²) in [7, 11) is 0. The van der Waals surface area contributed by atoms with E-state index in [1.54, 1.807) is 0 Å². The van der Waals surface area contributed by atoms with Gasteiger partial charge >= 0.3 is 5.97 Å². The van der Waals surface area contributed by atoms with Gasteiger partial charge in [0.25, 0.3) is 5.69 Å². The first-order chi connectivity index (χ1) is 9.08. The Labute approximate surface area is 111 Å². The number of aromatic carboxylic acids is 1. The second kappa shape index (κ2) is 5.44. The average molecular weight is 277 g/mol. The fourth-order valence-electron chi connectivity index (χ4n) is 1.30. The molecular weight excluding hydrogens is 270 g/mol. The van der Waals surface area contributed by atoms with Gasteiger partial charge in [0, 0.05) is 24.5 Å². The Morgan fingerprint density at radius 3 is 2.79 bits per heavy atom. The highest BCUT2D eigenvalue weighted by molar-refractivity contribution is 7.99. The van der Waals surface area contributed by atoms with Crippen molar-refractivity contribution in [3.05, 3.63) is 52.3 Å². The van der Waals surface area contributed by atoms with E-state index in [2.05, 4.69) is 9.97 Å². The smallest absolute Gasteiger partial charge is 0.338 e. The first-order valence-electron chi connectivity index (χ1n) is 5.04. The van der Waals surface area contributed by atoms with Crippen LogP contribution in [-0.2, 0) is 0 Å². The van der Waals surface area contributed by atoms with Crippen molar-refractivity contribution in [2.45, 2.75) is 10.1 Å². The Morgan fingerprint density at radius 2 is 2.11 bits per heavy atom. The molecule has 2 heterocycles. The molecule has 2 rings (SSSR count). The van der Waals surface area contributed by atoms with E-state index >= 15 is 0 Å². The quantitative estimate of drug-likeness (QED) is 0.674. The zero-order chi connectivity index (χ0) is 13.8. The molecule has 2 aromatic heterocycles. The van der Waals surface area contributed by atoms with Crippen LogP contribution in [-0.4, -0.2) is 26.0 Å². The third-order valence-electron chi connectivity index (χ3n) is 2.13. The SMILES string of the molecule is O=C(O)c1cccnc1Sc1cc([N+](=O)[O-])ccn1. The van der Waals surface area contributed by atoms with E-state index in [1.807, 2.05) is 0 Å². The summed E-state index contributed by atoms with van der Waals surface area (Å²) in [4.78, 5) is 29.0. The number of nitrogens with zero attached hydrogens (tertiary/aromatic N) is 3. The lowest BCUT2D eigenvalue weighted by atomic mass is 10.3. The summed E-state index contributed by atoms with van der Waals surface area (Å²) >= 11 is 0.967. The van der Waals surface area contributed by atoms with Gasteiger partial charge in [0.05, 0.1) is 10.5 Å². The summed E-state index contributed by atoms with van der Waals surface area (Å²) in [6.45, 7) is 0. The summed E-state index contributed by atoms with van der Waals surface area (Å²) in [6, 6.07) is 5.45. The van der Waals surface area contributed by atoms with E-state index < -0.39 is 10.9 Å². The topological polar surface area (TPSA) is 106 Å². The van der Waals surface area contributed by atoms with Crippen molar-refractivity contribution in [3.63, 3.8) is 0 Å². The van der Waals surface area contributed by atoms with Gasteiger partial charge in [0.2, 0.25) is 0 Å². The maximum Gasteiger partial charge on any atom is 0.338 e. The first kappa shape index (κ1) is 13.0. The van der Waals surface area contributed by atoms with Crippen LogP contribution in [0.15, 0.2) is 46.7 Å². The van der Waals surface area contributed by atoms with E-state index in [0.717, 1.165) is 11.8 Å². The standard InChI is InChI=1S/C11H7N3O4S/c15-11(16)8-2-1-4-13-10(8)19-9-6-7(14(17)18)3-5-12-9/h1-6H,(H,15,16). The minimum atomic E-state index is -1.11. The van der Waals surface area contributed by atoms with Gasteiger partial charge in [-0.3, -0.25) is 10.1 Å². The van der Waals surface area contributed by atoms with Crippen molar-refractivity contribution in [2.24, 2.45) is 0 Å². The Morgan fingerprint density at radius 1 is 1.32 bits per heavy atom. The number of aromatic nitrogens is 2. The highest BCUT2D eigenvalue weighted by Gasteiger charge is 2.14. The van der Waals surface area contributed by atoms with Gasteiger partial charge in [-0.15, -0.1) is 0 Å². The summed E-state index contributed by atoms with van der Waals surface area (Å²) in [5.74, 6) is -1.11. The fourth-order valence-corrected chi connectivity index (χ4v) is 2.17. The molecule has 19 heavy (non-hydrogen) atoms. The molecule has 0 aliphatic rings. The van der Waals surface area contributed by atoms with Crippen molar-refractivity contribution in [3.8, 4) is 0 Å². The van der Waals surface area contributed by atoms with Gasteiger partial charge in [-0.05, 0) is 23.9 Å². The number of nitro groups is 1. The van der Waals surface area contributed by atoms with E-state index in [9.17, 15) is 14.9 Å². The highest BCUT2D eigenvalue weighted by Crippen LogP contribution is 2.28. The van der Waals surface area contributed by atoms with Crippen molar-refractivity contribution < 1.29 is 14.8 Å². The van der Waals surface area contributed by atoms with Gasteiger partial charge in [-0.1, -0.05) is 0 Å². The van der Waals surface area contributed by atoms with Crippen LogP contribution in [0.1, 0.15) is 10.4 Å². The number of carbonyl (C=O) groups is 1. The summed E-state index contributed by atoms with van der Waals surface area (Å²) in [6.07, 6.45) is 2.75. The van der Waals surface area contributed by atoms with Crippen LogP contribution >= 0.6 is 11.8 Å². The zero-order valence-electron chi connectivity index (χ0n) is 9.39. The highest BCUT2D eigenvalue weighted by atomic mass is 32.2. The number of hydrogen-bond donors (Lipinski definition) is 1. The number of rotatable bonds is 4. The normalized spacial score (nSPS) is 10.1.